The number of hydrogen-bond acceptors (Lipinski definition) is 4. The standard InChI is InChI=1S/C12H17N3OS/c1-8(16)15-6-4-10(5-7-15)12-14-13-11(17-12)9-2-3-9/h9-10H,2-7H2,1H3. The van der Waals surface area contributed by atoms with Crippen LogP contribution in [0.4, 0.5) is 0 Å². The summed E-state index contributed by atoms with van der Waals surface area (Å²) < 4.78 is 0. The Bertz CT molecular complexity index is 419. The molecule has 0 unspecified atom stereocenters. The summed E-state index contributed by atoms with van der Waals surface area (Å²) in [5.74, 6) is 1.42. The van der Waals surface area contributed by atoms with Crippen LogP contribution in [0.5, 0.6) is 0 Å². The highest BCUT2D eigenvalue weighted by Gasteiger charge is 2.30. The lowest BCUT2D eigenvalue weighted by Gasteiger charge is -2.29. The van der Waals surface area contributed by atoms with E-state index in [1.807, 2.05) is 4.90 Å². The summed E-state index contributed by atoms with van der Waals surface area (Å²) >= 11 is 1.79. The molecule has 2 aliphatic rings. The molecule has 1 aromatic heterocycles. The van der Waals surface area contributed by atoms with E-state index in [1.165, 1.54) is 22.9 Å². The molecule has 2 fully saturated rings. The van der Waals surface area contributed by atoms with Crippen LogP contribution >= 0.6 is 11.3 Å². The van der Waals surface area contributed by atoms with Gasteiger partial charge in [0.05, 0.1) is 0 Å². The molecule has 1 aliphatic heterocycles. The molecular weight excluding hydrogens is 234 g/mol. The molecule has 0 aromatic carbocycles. The zero-order chi connectivity index (χ0) is 11.8. The first-order valence-electron chi connectivity index (χ1n) is 6.33. The van der Waals surface area contributed by atoms with E-state index in [4.69, 9.17) is 0 Å². The Hall–Kier alpha value is -0.970. The van der Waals surface area contributed by atoms with Crippen molar-refractivity contribution in [1.82, 2.24) is 15.1 Å². The zero-order valence-corrected chi connectivity index (χ0v) is 10.9. The number of hydrogen-bond donors (Lipinski definition) is 0. The zero-order valence-electron chi connectivity index (χ0n) is 10.1. The largest absolute Gasteiger partial charge is 0.343 e. The quantitative estimate of drug-likeness (QED) is 0.809. The van der Waals surface area contributed by atoms with Crippen molar-refractivity contribution in [1.29, 1.82) is 0 Å². The maximum atomic E-state index is 11.2. The van der Waals surface area contributed by atoms with E-state index in [2.05, 4.69) is 10.2 Å². The fourth-order valence-corrected chi connectivity index (χ4v) is 3.53. The second kappa shape index (κ2) is 4.37. The van der Waals surface area contributed by atoms with Gasteiger partial charge in [0, 0.05) is 31.8 Å². The lowest BCUT2D eigenvalue weighted by Crippen LogP contribution is -2.36. The molecule has 1 saturated carbocycles. The summed E-state index contributed by atoms with van der Waals surface area (Å²) in [5.41, 5.74) is 0. The monoisotopic (exact) mass is 251 g/mol. The van der Waals surface area contributed by atoms with Gasteiger partial charge in [0.1, 0.15) is 10.0 Å². The van der Waals surface area contributed by atoms with E-state index >= 15 is 0 Å². The van der Waals surface area contributed by atoms with Crippen molar-refractivity contribution in [3.63, 3.8) is 0 Å². The van der Waals surface area contributed by atoms with E-state index in [9.17, 15) is 4.79 Å². The maximum absolute atomic E-state index is 11.2. The van der Waals surface area contributed by atoms with Gasteiger partial charge in [-0.05, 0) is 25.7 Å². The van der Waals surface area contributed by atoms with Crippen LogP contribution in [0.15, 0.2) is 0 Å². The van der Waals surface area contributed by atoms with Crippen LogP contribution < -0.4 is 0 Å². The lowest BCUT2D eigenvalue weighted by atomic mass is 9.98. The molecule has 3 rings (SSSR count). The Morgan fingerprint density at radius 2 is 1.65 bits per heavy atom. The van der Waals surface area contributed by atoms with Gasteiger partial charge in [0.15, 0.2) is 0 Å². The van der Waals surface area contributed by atoms with Gasteiger partial charge in [0.25, 0.3) is 0 Å². The second-order valence-electron chi connectivity index (χ2n) is 5.03. The topological polar surface area (TPSA) is 46.1 Å². The summed E-state index contributed by atoms with van der Waals surface area (Å²) in [5, 5.41) is 11.1. The van der Waals surface area contributed by atoms with Crippen molar-refractivity contribution in [2.75, 3.05) is 13.1 Å². The van der Waals surface area contributed by atoms with Crippen LogP contribution in [0.2, 0.25) is 0 Å². The van der Waals surface area contributed by atoms with Gasteiger partial charge < -0.3 is 4.90 Å². The first-order valence-corrected chi connectivity index (χ1v) is 7.14. The predicted octanol–water partition coefficient (Wildman–Crippen LogP) is 2.14. The van der Waals surface area contributed by atoms with Crippen LogP contribution in [0.25, 0.3) is 0 Å². The summed E-state index contributed by atoms with van der Waals surface area (Å²) in [6.07, 6.45) is 4.66. The Kier molecular flexibility index (Phi) is 2.86. The molecule has 1 saturated heterocycles. The highest BCUT2D eigenvalue weighted by atomic mass is 32.1. The van der Waals surface area contributed by atoms with Crippen molar-refractivity contribution >= 4 is 17.2 Å². The smallest absolute Gasteiger partial charge is 0.219 e. The Balaban J connectivity index is 1.63. The van der Waals surface area contributed by atoms with Crippen molar-refractivity contribution in [2.45, 2.75) is 44.4 Å². The van der Waals surface area contributed by atoms with Crippen molar-refractivity contribution < 1.29 is 4.79 Å². The molecule has 5 heteroatoms. The van der Waals surface area contributed by atoms with Crippen molar-refractivity contribution in [3.05, 3.63) is 10.0 Å². The van der Waals surface area contributed by atoms with Crippen LogP contribution in [0.3, 0.4) is 0 Å². The number of carbonyl (C=O) groups excluding carboxylic acids is 1. The third-order valence-electron chi connectivity index (χ3n) is 3.67. The molecule has 1 aliphatic carbocycles. The SMILES string of the molecule is CC(=O)N1CCC(c2nnc(C3CC3)s2)CC1. The second-order valence-corrected chi connectivity index (χ2v) is 6.07. The molecule has 1 aromatic rings. The Morgan fingerprint density at radius 1 is 1.12 bits per heavy atom. The number of carbonyl (C=O) groups is 1. The first-order chi connectivity index (χ1) is 8.24. The van der Waals surface area contributed by atoms with Gasteiger partial charge in [0.2, 0.25) is 5.91 Å². The minimum atomic E-state index is 0.194. The minimum Gasteiger partial charge on any atom is -0.343 e. The molecule has 4 nitrogen and oxygen atoms in total. The van der Waals surface area contributed by atoms with E-state index in [1.54, 1.807) is 18.3 Å². The fourth-order valence-electron chi connectivity index (χ4n) is 2.35. The number of amides is 1. The molecular formula is C12H17N3OS. The average molecular weight is 251 g/mol. The summed E-state index contributed by atoms with van der Waals surface area (Å²) in [7, 11) is 0. The number of piperidine rings is 1. The lowest BCUT2D eigenvalue weighted by molar-refractivity contribution is -0.129. The highest BCUT2D eigenvalue weighted by molar-refractivity contribution is 7.11. The molecule has 0 N–H and O–H groups in total. The minimum absolute atomic E-state index is 0.194. The van der Waals surface area contributed by atoms with Crippen molar-refractivity contribution in [3.8, 4) is 0 Å². The van der Waals surface area contributed by atoms with Crippen LogP contribution in [-0.2, 0) is 4.79 Å². The molecule has 0 radical (unpaired) electrons. The summed E-state index contributed by atoms with van der Waals surface area (Å²) in [6.45, 7) is 3.40. The molecule has 92 valence electrons. The van der Waals surface area contributed by atoms with Gasteiger partial charge in [-0.15, -0.1) is 21.5 Å². The van der Waals surface area contributed by atoms with Gasteiger partial charge in [-0.2, -0.15) is 0 Å². The molecule has 0 atom stereocenters. The number of likely N-dealkylation sites (tertiary alicyclic amines) is 1. The fraction of sp³-hybridized carbons (Fsp3) is 0.750. The van der Waals surface area contributed by atoms with Crippen LogP contribution in [-0.4, -0.2) is 34.1 Å². The first kappa shape index (κ1) is 11.1. The van der Waals surface area contributed by atoms with Crippen LogP contribution in [0, 0.1) is 0 Å². The van der Waals surface area contributed by atoms with E-state index < -0.39 is 0 Å². The predicted molar refractivity (Wildman–Crippen MR) is 66.1 cm³/mol. The molecule has 0 spiro atoms. The summed E-state index contributed by atoms with van der Waals surface area (Å²) in [4.78, 5) is 13.2. The number of rotatable bonds is 2. The van der Waals surface area contributed by atoms with E-state index in [0.717, 1.165) is 25.9 Å². The van der Waals surface area contributed by atoms with Crippen molar-refractivity contribution in [2.24, 2.45) is 0 Å². The van der Waals surface area contributed by atoms with Gasteiger partial charge in [-0.25, -0.2) is 0 Å². The number of aromatic nitrogens is 2. The molecule has 17 heavy (non-hydrogen) atoms. The maximum Gasteiger partial charge on any atom is 0.219 e. The molecule has 1 amide bonds. The third-order valence-corrected chi connectivity index (χ3v) is 4.92. The van der Waals surface area contributed by atoms with Gasteiger partial charge in [-0.1, -0.05) is 0 Å². The van der Waals surface area contributed by atoms with E-state index in [-0.39, 0.29) is 5.91 Å². The van der Waals surface area contributed by atoms with Crippen LogP contribution in [0.1, 0.15) is 54.5 Å². The Morgan fingerprint density at radius 3 is 2.12 bits per heavy atom. The molecule has 2 heterocycles. The van der Waals surface area contributed by atoms with Gasteiger partial charge in [-0.3, -0.25) is 4.79 Å². The normalized spacial score (nSPS) is 21.8. The Labute approximate surface area is 105 Å². The van der Waals surface area contributed by atoms with Gasteiger partial charge >= 0.3 is 0 Å². The summed E-state index contributed by atoms with van der Waals surface area (Å²) in [6, 6.07) is 0. The molecule has 0 bridgehead atoms. The highest BCUT2D eigenvalue weighted by Crippen LogP contribution is 2.42. The average Bonchev–Trinajstić information content (AvgIpc) is 3.07. The van der Waals surface area contributed by atoms with E-state index in [0.29, 0.717) is 11.8 Å². The number of nitrogens with zero attached hydrogens (tertiary/aromatic N) is 3. The third kappa shape index (κ3) is 2.34.